The minimum Gasteiger partial charge on any atom is -0.335 e. The molecular formula is C19H22N4O3. The molecule has 0 bridgehead atoms. The first kappa shape index (κ1) is 19.1. The quantitative estimate of drug-likeness (QED) is 0.853. The zero-order valence-electron chi connectivity index (χ0n) is 15.1. The van der Waals surface area contributed by atoms with E-state index in [0.29, 0.717) is 11.4 Å². The minimum atomic E-state index is -0.351. The molecule has 1 aromatic carbocycles. The first-order valence-electron chi connectivity index (χ1n) is 8.14. The Morgan fingerprint density at radius 2 is 1.69 bits per heavy atom. The van der Waals surface area contributed by atoms with Crippen molar-refractivity contribution in [2.24, 2.45) is 0 Å². The van der Waals surface area contributed by atoms with Crippen molar-refractivity contribution >= 4 is 23.5 Å². The number of aromatic nitrogens is 1. The molecule has 0 saturated heterocycles. The molecule has 0 saturated carbocycles. The van der Waals surface area contributed by atoms with Crippen LogP contribution in [0, 0.1) is 6.92 Å². The smallest absolute Gasteiger partial charge is 0.254 e. The van der Waals surface area contributed by atoms with E-state index in [4.69, 9.17) is 0 Å². The van der Waals surface area contributed by atoms with Crippen molar-refractivity contribution < 1.29 is 14.4 Å². The number of hydrogen-bond acceptors (Lipinski definition) is 4. The molecule has 0 atom stereocenters. The molecule has 0 unspecified atom stereocenters. The Morgan fingerprint density at radius 1 is 1.00 bits per heavy atom. The summed E-state index contributed by atoms with van der Waals surface area (Å²) in [6.07, 6.45) is 1.60. The average Bonchev–Trinajstić information content (AvgIpc) is 2.61. The highest BCUT2D eigenvalue weighted by Crippen LogP contribution is 2.06. The van der Waals surface area contributed by atoms with Crippen LogP contribution < -0.4 is 5.32 Å². The fourth-order valence-electron chi connectivity index (χ4n) is 2.29. The summed E-state index contributed by atoms with van der Waals surface area (Å²) in [4.78, 5) is 43.2. The standard InChI is InChI=1S/C19H22N4O3/c1-14-9-10-20-16(11-14)21-17(24)12-22(2)18(25)13-23(3)19(26)15-7-5-4-6-8-15/h4-11H,12-13H2,1-3H3,(H,20,21,24). The van der Waals surface area contributed by atoms with E-state index in [0.717, 1.165) is 5.56 Å². The van der Waals surface area contributed by atoms with Crippen LogP contribution in [0.15, 0.2) is 48.7 Å². The van der Waals surface area contributed by atoms with Crippen LogP contribution in [-0.2, 0) is 9.59 Å². The highest BCUT2D eigenvalue weighted by molar-refractivity contribution is 5.97. The van der Waals surface area contributed by atoms with Crippen LogP contribution in [0.4, 0.5) is 5.82 Å². The zero-order valence-corrected chi connectivity index (χ0v) is 15.1. The third-order valence-electron chi connectivity index (χ3n) is 3.73. The lowest BCUT2D eigenvalue weighted by atomic mass is 10.2. The van der Waals surface area contributed by atoms with Gasteiger partial charge in [0, 0.05) is 25.9 Å². The predicted octanol–water partition coefficient (Wildman–Crippen LogP) is 1.56. The molecule has 136 valence electrons. The molecule has 1 heterocycles. The monoisotopic (exact) mass is 354 g/mol. The number of hydrogen-bond donors (Lipinski definition) is 1. The van der Waals surface area contributed by atoms with Gasteiger partial charge in [-0.3, -0.25) is 14.4 Å². The van der Waals surface area contributed by atoms with Gasteiger partial charge in [0.05, 0.1) is 13.1 Å². The number of carbonyl (C=O) groups is 3. The van der Waals surface area contributed by atoms with Crippen LogP contribution in [0.3, 0.4) is 0 Å². The van der Waals surface area contributed by atoms with Crippen LogP contribution in [0.5, 0.6) is 0 Å². The van der Waals surface area contributed by atoms with Gasteiger partial charge in [-0.2, -0.15) is 0 Å². The van der Waals surface area contributed by atoms with Crippen LogP contribution in [0.25, 0.3) is 0 Å². The number of benzene rings is 1. The molecule has 7 nitrogen and oxygen atoms in total. The number of amides is 3. The molecule has 0 fully saturated rings. The topological polar surface area (TPSA) is 82.6 Å². The number of pyridine rings is 1. The molecule has 3 amide bonds. The Labute approximate surface area is 152 Å². The maximum atomic E-state index is 12.3. The van der Waals surface area contributed by atoms with E-state index in [1.165, 1.54) is 16.8 Å². The summed E-state index contributed by atoms with van der Waals surface area (Å²) in [5.74, 6) is -0.492. The van der Waals surface area contributed by atoms with Gasteiger partial charge in [-0.1, -0.05) is 18.2 Å². The van der Waals surface area contributed by atoms with Crippen molar-refractivity contribution in [3.8, 4) is 0 Å². The second kappa shape index (κ2) is 8.75. The largest absolute Gasteiger partial charge is 0.335 e. The number of carbonyl (C=O) groups excluding carboxylic acids is 3. The predicted molar refractivity (Wildman–Crippen MR) is 98.6 cm³/mol. The molecular weight excluding hydrogens is 332 g/mol. The SMILES string of the molecule is Cc1ccnc(NC(=O)CN(C)C(=O)CN(C)C(=O)c2ccccc2)c1. The number of anilines is 1. The number of nitrogens with zero attached hydrogens (tertiary/aromatic N) is 3. The maximum Gasteiger partial charge on any atom is 0.254 e. The van der Waals surface area contributed by atoms with Crippen LogP contribution in [-0.4, -0.2) is 59.7 Å². The fraction of sp³-hybridized carbons (Fsp3) is 0.263. The van der Waals surface area contributed by atoms with Gasteiger partial charge in [-0.15, -0.1) is 0 Å². The molecule has 0 aliphatic heterocycles. The van der Waals surface area contributed by atoms with Gasteiger partial charge in [-0.05, 0) is 36.8 Å². The molecule has 1 aromatic heterocycles. The van der Waals surface area contributed by atoms with Gasteiger partial charge < -0.3 is 15.1 Å². The Hall–Kier alpha value is -3.22. The lowest BCUT2D eigenvalue weighted by Crippen LogP contribution is -2.42. The first-order chi connectivity index (χ1) is 12.4. The lowest BCUT2D eigenvalue weighted by molar-refractivity contribution is -0.133. The van der Waals surface area contributed by atoms with E-state index in [1.807, 2.05) is 19.1 Å². The third kappa shape index (κ3) is 5.41. The molecule has 0 aliphatic carbocycles. The van der Waals surface area contributed by atoms with Gasteiger partial charge in [0.15, 0.2) is 0 Å². The number of rotatable bonds is 6. The molecule has 26 heavy (non-hydrogen) atoms. The molecule has 2 rings (SSSR count). The lowest BCUT2D eigenvalue weighted by Gasteiger charge is -2.21. The molecule has 0 radical (unpaired) electrons. The Morgan fingerprint density at radius 3 is 2.35 bits per heavy atom. The number of aryl methyl sites for hydroxylation is 1. The summed E-state index contributed by atoms with van der Waals surface area (Å²) >= 11 is 0. The summed E-state index contributed by atoms with van der Waals surface area (Å²) in [5.41, 5.74) is 1.48. The normalized spacial score (nSPS) is 10.1. The summed E-state index contributed by atoms with van der Waals surface area (Å²) in [6, 6.07) is 12.3. The molecule has 1 N–H and O–H groups in total. The van der Waals surface area contributed by atoms with Crippen molar-refractivity contribution in [1.29, 1.82) is 0 Å². The van der Waals surface area contributed by atoms with Gasteiger partial charge in [-0.25, -0.2) is 4.98 Å². The Bertz CT molecular complexity index is 792. The van der Waals surface area contributed by atoms with E-state index >= 15 is 0 Å². The van der Waals surface area contributed by atoms with Gasteiger partial charge in [0.2, 0.25) is 11.8 Å². The number of likely N-dealkylation sites (N-methyl/N-ethyl adjacent to an activating group) is 2. The van der Waals surface area contributed by atoms with Gasteiger partial charge in [0.1, 0.15) is 5.82 Å². The second-order valence-electron chi connectivity index (χ2n) is 6.04. The molecule has 0 spiro atoms. The molecule has 2 aromatic rings. The van der Waals surface area contributed by atoms with Crippen molar-refractivity contribution in [3.05, 3.63) is 59.8 Å². The molecule has 7 heteroatoms. The maximum absolute atomic E-state index is 12.3. The second-order valence-corrected chi connectivity index (χ2v) is 6.04. The highest BCUT2D eigenvalue weighted by Gasteiger charge is 2.19. The average molecular weight is 354 g/mol. The van der Waals surface area contributed by atoms with Crippen LogP contribution in [0.1, 0.15) is 15.9 Å². The third-order valence-corrected chi connectivity index (χ3v) is 3.73. The summed E-state index contributed by atoms with van der Waals surface area (Å²) in [7, 11) is 3.07. The number of nitrogens with one attached hydrogen (secondary N) is 1. The summed E-state index contributed by atoms with van der Waals surface area (Å²) in [5, 5.41) is 2.65. The van der Waals surface area contributed by atoms with Crippen molar-refractivity contribution in [1.82, 2.24) is 14.8 Å². The van der Waals surface area contributed by atoms with E-state index in [1.54, 1.807) is 43.6 Å². The summed E-state index contributed by atoms with van der Waals surface area (Å²) in [6.45, 7) is 1.66. The van der Waals surface area contributed by atoms with E-state index in [9.17, 15) is 14.4 Å². The molecule has 0 aliphatic rings. The fourth-order valence-corrected chi connectivity index (χ4v) is 2.29. The zero-order chi connectivity index (χ0) is 19.1. The van der Waals surface area contributed by atoms with Crippen LogP contribution >= 0.6 is 0 Å². The van der Waals surface area contributed by atoms with Crippen molar-refractivity contribution in [3.63, 3.8) is 0 Å². The Balaban J connectivity index is 1.86. The summed E-state index contributed by atoms with van der Waals surface area (Å²) < 4.78 is 0. The van der Waals surface area contributed by atoms with Crippen LogP contribution in [0.2, 0.25) is 0 Å². The van der Waals surface area contributed by atoms with Gasteiger partial charge in [0.25, 0.3) is 5.91 Å². The van der Waals surface area contributed by atoms with Gasteiger partial charge >= 0.3 is 0 Å². The Kier molecular flexibility index (Phi) is 6.43. The van der Waals surface area contributed by atoms with Crippen molar-refractivity contribution in [2.75, 3.05) is 32.5 Å². The van der Waals surface area contributed by atoms with Crippen molar-refractivity contribution in [2.45, 2.75) is 6.92 Å². The van der Waals surface area contributed by atoms with E-state index in [-0.39, 0.29) is 30.8 Å². The first-order valence-corrected chi connectivity index (χ1v) is 8.14. The minimum absolute atomic E-state index is 0.111. The van der Waals surface area contributed by atoms with E-state index < -0.39 is 0 Å². The highest BCUT2D eigenvalue weighted by atomic mass is 16.2. The van der Waals surface area contributed by atoms with E-state index in [2.05, 4.69) is 10.3 Å².